The summed E-state index contributed by atoms with van der Waals surface area (Å²) in [6.07, 6.45) is 0. The number of hydrogen-bond donors (Lipinski definition) is 2. The third-order valence-electron chi connectivity index (χ3n) is 1.26. The summed E-state index contributed by atoms with van der Waals surface area (Å²) in [4.78, 5) is 9.67. The zero-order chi connectivity index (χ0) is 10.0. The van der Waals surface area contributed by atoms with E-state index in [4.69, 9.17) is 11.1 Å². The van der Waals surface area contributed by atoms with E-state index in [1.54, 1.807) is 0 Å². The number of ether oxygens (including phenoxy) is 1. The topological polar surface area (TPSA) is 128 Å². The van der Waals surface area contributed by atoms with Gasteiger partial charge >= 0.3 is 11.6 Å². The molecular formula is C5H6N4O4. The van der Waals surface area contributed by atoms with Crippen molar-refractivity contribution in [2.45, 2.75) is 0 Å². The molecule has 0 fully saturated rings. The molecule has 1 heterocycles. The summed E-state index contributed by atoms with van der Waals surface area (Å²) in [6.45, 7) is 0. The molecule has 0 amide bonds. The van der Waals surface area contributed by atoms with E-state index >= 15 is 0 Å². The molecule has 0 aromatic carbocycles. The lowest BCUT2D eigenvalue weighted by Gasteiger charge is -1.91. The molecular weight excluding hydrogens is 180 g/mol. The third kappa shape index (κ3) is 1.41. The van der Waals surface area contributed by atoms with E-state index in [1.807, 2.05) is 0 Å². The molecule has 0 saturated carbocycles. The molecule has 1 aromatic rings. The van der Waals surface area contributed by atoms with Crippen LogP contribution in [-0.2, 0) is 0 Å². The van der Waals surface area contributed by atoms with Gasteiger partial charge in [-0.15, -0.1) is 0 Å². The first-order valence-corrected chi connectivity index (χ1v) is 3.10. The summed E-state index contributed by atoms with van der Waals surface area (Å²) in [5.41, 5.74) is 4.48. The van der Waals surface area contributed by atoms with Gasteiger partial charge in [0.25, 0.3) is 5.76 Å². The lowest BCUT2D eigenvalue weighted by molar-refractivity contribution is -0.386. The van der Waals surface area contributed by atoms with Crippen LogP contribution in [-0.4, -0.2) is 23.0 Å². The highest BCUT2D eigenvalue weighted by atomic mass is 16.6. The number of rotatable bonds is 3. The van der Waals surface area contributed by atoms with Crippen molar-refractivity contribution in [3.8, 4) is 5.88 Å². The van der Waals surface area contributed by atoms with Gasteiger partial charge in [0.15, 0.2) is 5.84 Å². The number of hydrogen-bond acceptors (Lipinski definition) is 6. The van der Waals surface area contributed by atoms with Crippen LogP contribution in [0.25, 0.3) is 0 Å². The molecule has 0 atom stereocenters. The van der Waals surface area contributed by atoms with Gasteiger partial charge in [-0.05, 0) is 5.16 Å². The first-order valence-electron chi connectivity index (χ1n) is 3.10. The number of amidine groups is 1. The van der Waals surface area contributed by atoms with Crippen LogP contribution in [0.1, 0.15) is 5.76 Å². The molecule has 13 heavy (non-hydrogen) atoms. The van der Waals surface area contributed by atoms with Gasteiger partial charge in [-0.2, -0.15) is 0 Å². The summed E-state index contributed by atoms with van der Waals surface area (Å²) >= 11 is 0. The summed E-state index contributed by atoms with van der Waals surface area (Å²) in [6, 6.07) is 0. The second kappa shape index (κ2) is 3.09. The average Bonchev–Trinajstić information content (AvgIpc) is 2.46. The van der Waals surface area contributed by atoms with Crippen LogP contribution >= 0.6 is 0 Å². The summed E-state index contributed by atoms with van der Waals surface area (Å²) in [7, 11) is 1.20. The molecule has 0 aliphatic rings. The van der Waals surface area contributed by atoms with Gasteiger partial charge in [0.1, 0.15) is 0 Å². The zero-order valence-electron chi connectivity index (χ0n) is 6.60. The Bertz CT molecular complexity index is 357. The Morgan fingerprint density at radius 1 is 1.85 bits per heavy atom. The van der Waals surface area contributed by atoms with Gasteiger partial charge < -0.3 is 15.0 Å². The molecule has 1 rings (SSSR count). The maximum Gasteiger partial charge on any atom is 0.382 e. The molecule has 1 aromatic heterocycles. The number of methoxy groups -OCH3 is 1. The molecule has 0 aliphatic heterocycles. The highest BCUT2D eigenvalue weighted by molar-refractivity contribution is 5.96. The van der Waals surface area contributed by atoms with Gasteiger partial charge in [0.2, 0.25) is 0 Å². The van der Waals surface area contributed by atoms with Crippen molar-refractivity contribution < 1.29 is 14.2 Å². The van der Waals surface area contributed by atoms with Gasteiger partial charge in [-0.1, -0.05) is 0 Å². The molecule has 8 heteroatoms. The Labute approximate surface area is 71.9 Å². The number of nitro groups is 1. The monoisotopic (exact) mass is 186 g/mol. The van der Waals surface area contributed by atoms with E-state index < -0.39 is 22.2 Å². The molecule has 3 N–H and O–H groups in total. The number of aromatic nitrogens is 1. The van der Waals surface area contributed by atoms with Crippen LogP contribution in [0, 0.1) is 15.5 Å². The number of nitrogens with two attached hydrogens (primary N) is 1. The molecule has 0 unspecified atom stereocenters. The van der Waals surface area contributed by atoms with Crippen LogP contribution < -0.4 is 10.5 Å². The largest absolute Gasteiger partial charge is 0.474 e. The zero-order valence-corrected chi connectivity index (χ0v) is 6.60. The summed E-state index contributed by atoms with van der Waals surface area (Å²) in [5.74, 6) is -1.26. The van der Waals surface area contributed by atoms with Crippen LogP contribution in [0.2, 0.25) is 0 Å². The minimum absolute atomic E-state index is 0.296. The Balaban J connectivity index is 3.30. The Morgan fingerprint density at radius 3 is 2.85 bits per heavy atom. The van der Waals surface area contributed by atoms with E-state index in [9.17, 15) is 10.1 Å². The maximum atomic E-state index is 10.4. The van der Waals surface area contributed by atoms with E-state index in [-0.39, 0.29) is 5.88 Å². The Kier molecular flexibility index (Phi) is 2.13. The highest BCUT2D eigenvalue weighted by Crippen LogP contribution is 2.28. The quantitative estimate of drug-likeness (QED) is 0.293. The predicted molar refractivity (Wildman–Crippen MR) is 40.7 cm³/mol. The van der Waals surface area contributed by atoms with E-state index in [2.05, 4.69) is 14.4 Å². The minimum Gasteiger partial charge on any atom is -0.474 e. The lowest BCUT2D eigenvalue weighted by Crippen LogP contribution is -2.11. The van der Waals surface area contributed by atoms with Crippen LogP contribution in [0.3, 0.4) is 0 Å². The normalized spacial score (nSPS) is 9.62. The lowest BCUT2D eigenvalue weighted by atomic mass is 10.3. The molecule has 0 bridgehead atoms. The van der Waals surface area contributed by atoms with E-state index in [0.717, 1.165) is 0 Å². The molecule has 0 saturated heterocycles. The van der Waals surface area contributed by atoms with Gasteiger partial charge in [-0.25, -0.2) is 0 Å². The maximum absolute atomic E-state index is 10.4. The molecule has 8 nitrogen and oxygen atoms in total. The molecule has 0 radical (unpaired) electrons. The molecule has 0 aliphatic carbocycles. The fourth-order valence-corrected chi connectivity index (χ4v) is 0.742. The van der Waals surface area contributed by atoms with E-state index in [0.29, 0.717) is 0 Å². The van der Waals surface area contributed by atoms with Crippen molar-refractivity contribution >= 4 is 11.5 Å². The van der Waals surface area contributed by atoms with Crippen LogP contribution in [0.4, 0.5) is 5.69 Å². The van der Waals surface area contributed by atoms with Gasteiger partial charge in [0.05, 0.1) is 12.0 Å². The first kappa shape index (κ1) is 8.97. The Morgan fingerprint density at radius 2 is 2.46 bits per heavy atom. The third-order valence-corrected chi connectivity index (χ3v) is 1.26. The number of nitrogens with one attached hydrogen (secondary N) is 1. The van der Waals surface area contributed by atoms with Gasteiger partial charge in [0, 0.05) is 0 Å². The first-order chi connectivity index (χ1) is 6.07. The van der Waals surface area contributed by atoms with Crippen molar-refractivity contribution in [1.29, 1.82) is 5.41 Å². The second-order valence-corrected chi connectivity index (χ2v) is 2.04. The smallest absolute Gasteiger partial charge is 0.382 e. The van der Waals surface area contributed by atoms with Crippen LogP contribution in [0.5, 0.6) is 5.88 Å². The predicted octanol–water partition coefficient (Wildman–Crippen LogP) is -0.125. The second-order valence-electron chi connectivity index (χ2n) is 2.04. The fourth-order valence-electron chi connectivity index (χ4n) is 0.742. The molecule has 0 spiro atoms. The van der Waals surface area contributed by atoms with Crippen molar-refractivity contribution in [2.75, 3.05) is 7.11 Å². The fraction of sp³-hybridized carbons (Fsp3) is 0.200. The van der Waals surface area contributed by atoms with Crippen molar-refractivity contribution in [2.24, 2.45) is 5.73 Å². The van der Waals surface area contributed by atoms with E-state index in [1.165, 1.54) is 7.11 Å². The highest BCUT2D eigenvalue weighted by Gasteiger charge is 2.29. The Hall–Kier alpha value is -2.12. The molecule has 70 valence electrons. The van der Waals surface area contributed by atoms with Crippen LogP contribution in [0.15, 0.2) is 4.52 Å². The van der Waals surface area contributed by atoms with Crippen molar-refractivity contribution in [3.05, 3.63) is 15.9 Å². The standard InChI is InChI=1S/C5H6N4O4/c1-12-5-2(9(10)11)3(4(6)7)13-8-5/h1H3,(H3,6,7). The average molecular weight is 186 g/mol. The minimum atomic E-state index is -0.772. The van der Waals surface area contributed by atoms with Gasteiger partial charge in [-0.3, -0.25) is 15.5 Å². The number of nitrogens with zero attached hydrogens (tertiary/aromatic N) is 2. The summed E-state index contributed by atoms with van der Waals surface area (Å²) in [5, 5.41) is 20.6. The number of nitrogen functional groups attached to an aromatic ring is 1. The van der Waals surface area contributed by atoms with Crippen molar-refractivity contribution in [3.63, 3.8) is 0 Å². The summed E-state index contributed by atoms with van der Waals surface area (Å²) < 4.78 is 8.98. The SMILES string of the molecule is COc1noc(C(=N)N)c1[N+](=O)[O-]. The van der Waals surface area contributed by atoms with Crippen molar-refractivity contribution in [1.82, 2.24) is 5.16 Å².